The number of hydrogen-bond acceptors (Lipinski definition) is 5. The Kier molecular flexibility index (Phi) is 4.05. The van der Waals surface area contributed by atoms with Crippen LogP contribution in [0.1, 0.15) is 17.7 Å². The zero-order chi connectivity index (χ0) is 12.9. The van der Waals surface area contributed by atoms with Crippen LogP contribution in [-0.2, 0) is 11.3 Å². The van der Waals surface area contributed by atoms with E-state index in [0.717, 1.165) is 38.5 Å². The molecule has 100 valence electrons. The summed E-state index contributed by atoms with van der Waals surface area (Å²) < 4.78 is 5.73. The lowest BCUT2D eigenvalue weighted by atomic mass is 10.2. The van der Waals surface area contributed by atoms with Crippen molar-refractivity contribution >= 4 is 17.3 Å². The minimum atomic E-state index is 0.309. The Morgan fingerprint density at radius 1 is 1.32 bits per heavy atom. The highest BCUT2D eigenvalue weighted by Gasteiger charge is 2.21. The van der Waals surface area contributed by atoms with Gasteiger partial charge in [-0.1, -0.05) is 6.07 Å². The van der Waals surface area contributed by atoms with Crippen LogP contribution in [0, 0.1) is 0 Å². The van der Waals surface area contributed by atoms with Gasteiger partial charge >= 0.3 is 0 Å². The summed E-state index contributed by atoms with van der Waals surface area (Å²) in [5.41, 5.74) is 0. The molecule has 19 heavy (non-hydrogen) atoms. The third-order valence-corrected chi connectivity index (χ3v) is 4.07. The van der Waals surface area contributed by atoms with Crippen molar-refractivity contribution in [3.8, 4) is 0 Å². The average Bonchev–Trinajstić information content (AvgIpc) is 3.12. The topological polar surface area (TPSA) is 38.2 Å². The molecule has 0 aliphatic carbocycles. The predicted molar refractivity (Wildman–Crippen MR) is 76.4 cm³/mol. The van der Waals surface area contributed by atoms with Crippen molar-refractivity contribution in [1.82, 2.24) is 9.97 Å². The molecule has 0 radical (unpaired) electrons. The molecule has 0 bridgehead atoms. The molecule has 3 heterocycles. The number of aromatic nitrogens is 2. The number of hydrogen-bond donors (Lipinski definition) is 0. The van der Waals surface area contributed by atoms with E-state index in [2.05, 4.69) is 32.4 Å². The van der Waals surface area contributed by atoms with Crippen LogP contribution in [-0.4, -0.2) is 29.2 Å². The Balaban J connectivity index is 1.74. The summed E-state index contributed by atoms with van der Waals surface area (Å²) in [6.45, 7) is 2.59. The maximum atomic E-state index is 5.73. The second kappa shape index (κ2) is 6.12. The first-order valence-electron chi connectivity index (χ1n) is 6.58. The van der Waals surface area contributed by atoms with E-state index in [4.69, 9.17) is 4.74 Å². The zero-order valence-corrected chi connectivity index (χ0v) is 11.6. The number of ether oxygens (including phenoxy) is 1. The molecule has 0 aromatic carbocycles. The Bertz CT molecular complexity index is 483. The van der Waals surface area contributed by atoms with Gasteiger partial charge in [0.2, 0.25) is 5.95 Å². The van der Waals surface area contributed by atoms with Gasteiger partial charge in [0, 0.05) is 30.4 Å². The van der Waals surface area contributed by atoms with Gasteiger partial charge in [-0.2, -0.15) is 0 Å². The summed E-state index contributed by atoms with van der Waals surface area (Å²) in [5, 5.41) is 2.10. The summed E-state index contributed by atoms with van der Waals surface area (Å²) in [6.07, 6.45) is 6.18. The number of rotatable bonds is 5. The third kappa shape index (κ3) is 3.30. The molecule has 1 aliphatic heterocycles. The molecule has 0 saturated carbocycles. The van der Waals surface area contributed by atoms with Crippen molar-refractivity contribution in [1.29, 1.82) is 0 Å². The third-order valence-electron chi connectivity index (χ3n) is 3.21. The molecule has 0 unspecified atom stereocenters. The van der Waals surface area contributed by atoms with E-state index < -0.39 is 0 Å². The van der Waals surface area contributed by atoms with Gasteiger partial charge in [-0.05, 0) is 30.4 Å². The van der Waals surface area contributed by atoms with Crippen LogP contribution in [0.25, 0.3) is 0 Å². The molecule has 0 amide bonds. The second-order valence-corrected chi connectivity index (χ2v) is 5.68. The highest BCUT2D eigenvalue weighted by Crippen LogP contribution is 2.19. The molecular formula is C14H17N3OS. The molecule has 1 aliphatic rings. The van der Waals surface area contributed by atoms with Crippen LogP contribution in [0.15, 0.2) is 36.0 Å². The van der Waals surface area contributed by atoms with Gasteiger partial charge in [-0.15, -0.1) is 11.3 Å². The summed E-state index contributed by atoms with van der Waals surface area (Å²) in [4.78, 5) is 12.3. The molecule has 1 fully saturated rings. The van der Waals surface area contributed by atoms with Crippen molar-refractivity contribution in [3.05, 3.63) is 40.8 Å². The normalized spacial score (nSPS) is 18.6. The van der Waals surface area contributed by atoms with Crippen molar-refractivity contribution in [2.75, 3.05) is 18.1 Å². The van der Waals surface area contributed by atoms with E-state index in [1.807, 2.05) is 6.07 Å². The largest absolute Gasteiger partial charge is 0.376 e. The van der Waals surface area contributed by atoms with Gasteiger partial charge in [-0.3, -0.25) is 0 Å². The summed E-state index contributed by atoms with van der Waals surface area (Å²) in [6, 6.07) is 6.07. The SMILES string of the molecule is c1cnc(N(Cc2cccs2)C[C@H]2CCCO2)nc1. The van der Waals surface area contributed by atoms with Crippen molar-refractivity contribution in [3.63, 3.8) is 0 Å². The summed E-state index contributed by atoms with van der Waals surface area (Å²) in [7, 11) is 0. The smallest absolute Gasteiger partial charge is 0.225 e. The first-order chi connectivity index (χ1) is 9.42. The van der Waals surface area contributed by atoms with Gasteiger partial charge in [-0.25, -0.2) is 9.97 Å². The van der Waals surface area contributed by atoms with Crippen LogP contribution in [0.5, 0.6) is 0 Å². The fraction of sp³-hybridized carbons (Fsp3) is 0.429. The van der Waals surface area contributed by atoms with Crippen LogP contribution < -0.4 is 4.90 Å². The van der Waals surface area contributed by atoms with E-state index in [9.17, 15) is 0 Å². The molecule has 5 heteroatoms. The van der Waals surface area contributed by atoms with Crippen molar-refractivity contribution in [2.24, 2.45) is 0 Å². The average molecular weight is 275 g/mol. The Hall–Kier alpha value is -1.46. The zero-order valence-electron chi connectivity index (χ0n) is 10.7. The first-order valence-corrected chi connectivity index (χ1v) is 7.46. The molecular weight excluding hydrogens is 258 g/mol. The minimum Gasteiger partial charge on any atom is -0.376 e. The highest BCUT2D eigenvalue weighted by molar-refractivity contribution is 7.09. The fourth-order valence-electron chi connectivity index (χ4n) is 2.30. The first kappa shape index (κ1) is 12.6. The molecule has 2 aromatic heterocycles. The quantitative estimate of drug-likeness (QED) is 0.841. The molecule has 1 atom stereocenters. The van der Waals surface area contributed by atoms with Crippen LogP contribution in [0.4, 0.5) is 5.95 Å². The molecule has 2 aromatic rings. The maximum Gasteiger partial charge on any atom is 0.225 e. The highest BCUT2D eigenvalue weighted by atomic mass is 32.1. The Labute approximate surface area is 117 Å². The van der Waals surface area contributed by atoms with E-state index >= 15 is 0 Å². The minimum absolute atomic E-state index is 0.309. The maximum absolute atomic E-state index is 5.73. The molecule has 1 saturated heterocycles. The molecule has 4 nitrogen and oxygen atoms in total. The number of thiophene rings is 1. The lowest BCUT2D eigenvalue weighted by molar-refractivity contribution is 0.115. The van der Waals surface area contributed by atoms with Gasteiger partial charge in [0.05, 0.1) is 12.6 Å². The summed E-state index contributed by atoms with van der Waals surface area (Å²) in [5.74, 6) is 0.784. The fourth-order valence-corrected chi connectivity index (χ4v) is 3.02. The number of nitrogens with zero attached hydrogens (tertiary/aromatic N) is 3. The standard InChI is InChI=1S/C14H17N3OS/c1-4-12(18-8-1)10-17(11-13-5-2-9-19-13)14-15-6-3-7-16-14/h2-3,5-7,9,12H,1,4,8,10-11H2/t12-/m1/s1. The van der Waals surface area contributed by atoms with Gasteiger partial charge in [0.1, 0.15) is 0 Å². The van der Waals surface area contributed by atoms with Gasteiger partial charge in [0.15, 0.2) is 0 Å². The van der Waals surface area contributed by atoms with E-state index in [1.165, 1.54) is 4.88 Å². The van der Waals surface area contributed by atoms with Gasteiger partial charge < -0.3 is 9.64 Å². The van der Waals surface area contributed by atoms with Crippen molar-refractivity contribution in [2.45, 2.75) is 25.5 Å². The lowest BCUT2D eigenvalue weighted by Crippen LogP contribution is -2.32. The Morgan fingerprint density at radius 3 is 2.89 bits per heavy atom. The molecule has 0 spiro atoms. The second-order valence-electron chi connectivity index (χ2n) is 4.64. The van der Waals surface area contributed by atoms with Crippen LogP contribution >= 0.6 is 11.3 Å². The molecule has 0 N–H and O–H groups in total. The van der Waals surface area contributed by atoms with Crippen LogP contribution in [0.2, 0.25) is 0 Å². The molecule has 3 rings (SSSR count). The van der Waals surface area contributed by atoms with Crippen LogP contribution in [0.3, 0.4) is 0 Å². The lowest BCUT2D eigenvalue weighted by Gasteiger charge is -2.24. The van der Waals surface area contributed by atoms with E-state index in [-0.39, 0.29) is 0 Å². The predicted octanol–water partition coefficient (Wildman–Crippen LogP) is 2.72. The van der Waals surface area contributed by atoms with E-state index in [1.54, 1.807) is 23.7 Å². The Morgan fingerprint density at radius 2 is 2.21 bits per heavy atom. The van der Waals surface area contributed by atoms with Crippen molar-refractivity contribution < 1.29 is 4.74 Å². The van der Waals surface area contributed by atoms with E-state index in [0.29, 0.717) is 6.10 Å². The monoisotopic (exact) mass is 275 g/mol. The summed E-state index contributed by atoms with van der Waals surface area (Å²) >= 11 is 1.77. The van der Waals surface area contributed by atoms with Gasteiger partial charge in [0.25, 0.3) is 0 Å². The number of anilines is 1.